The summed E-state index contributed by atoms with van der Waals surface area (Å²) < 4.78 is 5.04. The molecular formula is C21H27N5O3. The molecule has 0 radical (unpaired) electrons. The number of amides is 2. The van der Waals surface area contributed by atoms with Crippen molar-refractivity contribution in [2.75, 3.05) is 36.5 Å². The van der Waals surface area contributed by atoms with Gasteiger partial charge in [0.25, 0.3) is 5.91 Å². The van der Waals surface area contributed by atoms with Crippen molar-refractivity contribution in [3.63, 3.8) is 0 Å². The highest BCUT2D eigenvalue weighted by atomic mass is 16.6. The molecule has 1 fully saturated rings. The molecule has 1 saturated heterocycles. The second kappa shape index (κ2) is 9.86. The smallest absolute Gasteiger partial charge is 0.409 e. The maximum Gasteiger partial charge on any atom is 0.409 e. The topological polar surface area (TPSA) is 87.7 Å². The molecule has 0 aliphatic carbocycles. The number of ether oxygens (including phenoxy) is 1. The van der Waals surface area contributed by atoms with Crippen LogP contribution in [0.5, 0.6) is 0 Å². The van der Waals surface area contributed by atoms with Gasteiger partial charge in [-0.2, -0.15) is 0 Å². The van der Waals surface area contributed by atoms with Gasteiger partial charge in [-0.05, 0) is 51.0 Å². The summed E-state index contributed by atoms with van der Waals surface area (Å²) in [6.45, 7) is 5.95. The molecule has 8 heteroatoms. The number of piperidine rings is 1. The fraction of sp³-hybridized carbons (Fsp3) is 0.429. The first-order chi connectivity index (χ1) is 14.1. The molecule has 1 aliphatic heterocycles. The molecule has 1 aromatic heterocycles. The first kappa shape index (κ1) is 20.6. The lowest BCUT2D eigenvalue weighted by molar-refractivity contribution is 0.0976. The average Bonchev–Trinajstić information content (AvgIpc) is 2.76. The molecule has 8 nitrogen and oxygen atoms in total. The largest absolute Gasteiger partial charge is 0.450 e. The molecule has 29 heavy (non-hydrogen) atoms. The van der Waals surface area contributed by atoms with E-state index in [9.17, 15) is 9.59 Å². The lowest BCUT2D eigenvalue weighted by Crippen LogP contribution is -2.42. The minimum atomic E-state index is -0.257. The van der Waals surface area contributed by atoms with E-state index in [1.54, 1.807) is 28.9 Å². The van der Waals surface area contributed by atoms with Crippen LogP contribution >= 0.6 is 0 Å². The van der Waals surface area contributed by atoms with Crippen molar-refractivity contribution >= 4 is 23.5 Å². The van der Waals surface area contributed by atoms with Crippen molar-refractivity contribution in [1.82, 2.24) is 15.1 Å². The molecule has 2 heterocycles. The van der Waals surface area contributed by atoms with Gasteiger partial charge in [-0.15, -0.1) is 10.2 Å². The number of anilines is 2. The van der Waals surface area contributed by atoms with E-state index in [0.717, 1.165) is 18.5 Å². The quantitative estimate of drug-likeness (QED) is 0.806. The van der Waals surface area contributed by atoms with Crippen LogP contribution in [0.2, 0.25) is 0 Å². The van der Waals surface area contributed by atoms with Gasteiger partial charge < -0.3 is 19.9 Å². The lowest BCUT2D eigenvalue weighted by Gasteiger charge is -2.31. The molecule has 1 aromatic carbocycles. The van der Waals surface area contributed by atoms with E-state index in [1.807, 2.05) is 37.3 Å². The van der Waals surface area contributed by atoms with Gasteiger partial charge in [0, 0.05) is 31.4 Å². The number of hydrogen-bond donors (Lipinski definition) is 1. The summed E-state index contributed by atoms with van der Waals surface area (Å²) in [7, 11) is 0. The van der Waals surface area contributed by atoms with Gasteiger partial charge in [0.2, 0.25) is 0 Å². The maximum atomic E-state index is 12.8. The van der Waals surface area contributed by atoms with E-state index >= 15 is 0 Å². The number of likely N-dealkylation sites (tertiary alicyclic amines) is 1. The molecule has 0 saturated carbocycles. The normalized spacial score (nSPS) is 14.3. The third kappa shape index (κ3) is 5.22. The minimum absolute atomic E-state index is 0.180. The first-order valence-electron chi connectivity index (χ1n) is 10.0. The number of rotatable bonds is 6. The van der Waals surface area contributed by atoms with Crippen LogP contribution in [0.3, 0.4) is 0 Å². The van der Waals surface area contributed by atoms with Gasteiger partial charge in [-0.1, -0.05) is 18.2 Å². The van der Waals surface area contributed by atoms with Crippen molar-refractivity contribution in [3.05, 3.63) is 48.2 Å². The predicted octanol–water partition coefficient (Wildman–Crippen LogP) is 3.18. The van der Waals surface area contributed by atoms with Crippen molar-refractivity contribution in [2.24, 2.45) is 0 Å². The van der Waals surface area contributed by atoms with Gasteiger partial charge in [0.05, 0.1) is 6.61 Å². The van der Waals surface area contributed by atoms with Gasteiger partial charge in [-0.3, -0.25) is 4.79 Å². The number of carbonyl (C=O) groups excluding carboxylic acids is 2. The number of hydrogen-bond acceptors (Lipinski definition) is 6. The summed E-state index contributed by atoms with van der Waals surface area (Å²) in [4.78, 5) is 27.9. The summed E-state index contributed by atoms with van der Waals surface area (Å²) in [6.07, 6.45) is 1.35. The molecule has 1 N–H and O–H groups in total. The Bertz CT molecular complexity index is 805. The Morgan fingerprint density at radius 3 is 2.41 bits per heavy atom. The highest BCUT2D eigenvalue weighted by Gasteiger charge is 2.24. The minimum Gasteiger partial charge on any atom is -0.450 e. The highest BCUT2D eigenvalue weighted by Crippen LogP contribution is 2.18. The Labute approximate surface area is 170 Å². The fourth-order valence-corrected chi connectivity index (χ4v) is 3.34. The molecule has 3 rings (SSSR count). The highest BCUT2D eigenvalue weighted by molar-refractivity contribution is 6.04. The molecule has 0 unspecified atom stereocenters. The average molecular weight is 397 g/mol. The number of benzene rings is 1. The molecule has 0 bridgehead atoms. The van der Waals surface area contributed by atoms with Gasteiger partial charge in [-0.25, -0.2) is 4.79 Å². The monoisotopic (exact) mass is 397 g/mol. The third-order valence-electron chi connectivity index (χ3n) is 4.89. The van der Waals surface area contributed by atoms with Crippen molar-refractivity contribution in [2.45, 2.75) is 32.7 Å². The van der Waals surface area contributed by atoms with Crippen LogP contribution in [0.4, 0.5) is 16.3 Å². The van der Waals surface area contributed by atoms with Crippen molar-refractivity contribution in [1.29, 1.82) is 0 Å². The van der Waals surface area contributed by atoms with Gasteiger partial charge >= 0.3 is 6.09 Å². The predicted molar refractivity (Wildman–Crippen MR) is 111 cm³/mol. The van der Waals surface area contributed by atoms with Crippen LogP contribution in [-0.2, 0) is 4.74 Å². The van der Waals surface area contributed by atoms with Gasteiger partial charge in [0.1, 0.15) is 5.82 Å². The molecule has 0 atom stereocenters. The van der Waals surface area contributed by atoms with E-state index in [0.29, 0.717) is 37.8 Å². The summed E-state index contributed by atoms with van der Waals surface area (Å²) in [5.41, 5.74) is 1.13. The van der Waals surface area contributed by atoms with Crippen molar-refractivity contribution in [3.8, 4) is 0 Å². The summed E-state index contributed by atoms with van der Waals surface area (Å²) in [5.74, 6) is 0.444. The van der Waals surface area contributed by atoms with Crippen LogP contribution in [0, 0.1) is 0 Å². The van der Waals surface area contributed by atoms with Gasteiger partial charge in [0.15, 0.2) is 5.69 Å². The summed E-state index contributed by atoms with van der Waals surface area (Å²) in [5, 5.41) is 11.6. The Hall–Kier alpha value is -3.16. The van der Waals surface area contributed by atoms with Crippen LogP contribution < -0.4 is 10.2 Å². The van der Waals surface area contributed by atoms with Crippen LogP contribution in [-0.4, -0.2) is 59.4 Å². The van der Waals surface area contributed by atoms with E-state index in [2.05, 4.69) is 15.5 Å². The van der Waals surface area contributed by atoms with Crippen LogP contribution in [0.1, 0.15) is 37.2 Å². The number of nitrogens with one attached hydrogen (secondary N) is 1. The molecule has 0 spiro atoms. The second-order valence-corrected chi connectivity index (χ2v) is 6.79. The number of aromatic nitrogens is 2. The Kier molecular flexibility index (Phi) is 6.99. The fourth-order valence-electron chi connectivity index (χ4n) is 3.34. The Morgan fingerprint density at radius 2 is 1.83 bits per heavy atom. The van der Waals surface area contributed by atoms with E-state index in [4.69, 9.17) is 4.74 Å². The van der Waals surface area contributed by atoms with Crippen LogP contribution in [0.15, 0.2) is 42.5 Å². The standard InChI is InChI=1S/C21H27N5O3/c1-3-26(17-8-6-5-7-9-17)20(27)18-10-11-19(24-23-18)22-16-12-14-25(15-13-16)21(28)29-4-2/h5-11,16H,3-4,12-15H2,1-2H3,(H,22,24). The van der Waals surface area contributed by atoms with Crippen molar-refractivity contribution < 1.29 is 14.3 Å². The lowest BCUT2D eigenvalue weighted by atomic mass is 10.1. The summed E-state index contributed by atoms with van der Waals surface area (Å²) >= 11 is 0. The maximum absolute atomic E-state index is 12.8. The number of carbonyl (C=O) groups is 2. The zero-order chi connectivity index (χ0) is 20.6. The second-order valence-electron chi connectivity index (χ2n) is 6.79. The van der Waals surface area contributed by atoms with Crippen LogP contribution in [0.25, 0.3) is 0 Å². The SMILES string of the molecule is CCOC(=O)N1CCC(Nc2ccc(C(=O)N(CC)c3ccccc3)nn2)CC1. The number of para-hydroxylation sites is 1. The van der Waals surface area contributed by atoms with E-state index in [-0.39, 0.29) is 18.0 Å². The third-order valence-corrected chi connectivity index (χ3v) is 4.89. The number of nitrogens with zero attached hydrogens (tertiary/aromatic N) is 4. The van der Waals surface area contributed by atoms with E-state index < -0.39 is 0 Å². The molecule has 154 valence electrons. The Balaban J connectivity index is 1.56. The zero-order valence-corrected chi connectivity index (χ0v) is 16.9. The van der Waals surface area contributed by atoms with E-state index in [1.165, 1.54) is 0 Å². The molecular weight excluding hydrogens is 370 g/mol. The molecule has 1 aliphatic rings. The first-order valence-corrected chi connectivity index (χ1v) is 10.0. The Morgan fingerprint density at radius 1 is 1.10 bits per heavy atom. The zero-order valence-electron chi connectivity index (χ0n) is 16.9. The molecule has 2 amide bonds. The molecule has 2 aromatic rings. The summed E-state index contributed by atoms with van der Waals surface area (Å²) in [6, 6.07) is 13.2.